The van der Waals surface area contributed by atoms with Crippen molar-refractivity contribution in [3.8, 4) is 5.88 Å². The molecule has 0 radical (unpaired) electrons. The van der Waals surface area contributed by atoms with Crippen molar-refractivity contribution in [2.24, 2.45) is 5.41 Å². The van der Waals surface area contributed by atoms with E-state index in [9.17, 15) is 0 Å². The van der Waals surface area contributed by atoms with Crippen LogP contribution in [0, 0.1) is 5.41 Å². The summed E-state index contributed by atoms with van der Waals surface area (Å²) in [5, 5.41) is 3.45. The first-order chi connectivity index (χ1) is 9.55. The largest absolute Gasteiger partial charge is 0.473 e. The molecule has 0 saturated heterocycles. The summed E-state index contributed by atoms with van der Waals surface area (Å²) in [6.07, 6.45) is 4.18. The normalized spacial score (nSPS) is 14.0. The van der Waals surface area contributed by atoms with E-state index in [4.69, 9.17) is 4.74 Å². The van der Waals surface area contributed by atoms with Gasteiger partial charge in [-0.05, 0) is 57.6 Å². The van der Waals surface area contributed by atoms with Gasteiger partial charge in [0.05, 0.1) is 0 Å². The van der Waals surface area contributed by atoms with Crippen molar-refractivity contribution in [2.75, 3.05) is 6.54 Å². The van der Waals surface area contributed by atoms with E-state index in [0.717, 1.165) is 25.3 Å². The number of aromatic nitrogens is 1. The summed E-state index contributed by atoms with van der Waals surface area (Å²) in [5.41, 5.74) is 1.76. The molecule has 1 atom stereocenters. The zero-order valence-corrected chi connectivity index (χ0v) is 14.8. The van der Waals surface area contributed by atoms with Crippen LogP contribution in [0.2, 0.25) is 0 Å². The molecule has 0 spiro atoms. The lowest BCUT2D eigenvalue weighted by molar-refractivity contribution is 0.195. The maximum absolute atomic E-state index is 5.91. The summed E-state index contributed by atoms with van der Waals surface area (Å²) >= 11 is 0. The summed E-state index contributed by atoms with van der Waals surface area (Å²) in [4.78, 5) is 4.32. The van der Waals surface area contributed by atoms with Gasteiger partial charge in [0.25, 0.3) is 0 Å². The van der Waals surface area contributed by atoms with Gasteiger partial charge in [0.2, 0.25) is 5.88 Å². The molecule has 3 nitrogen and oxygen atoms in total. The molecule has 1 heterocycles. The molecule has 0 aliphatic rings. The average molecular weight is 292 g/mol. The second-order valence-corrected chi connectivity index (χ2v) is 8.12. The van der Waals surface area contributed by atoms with Crippen LogP contribution in [0.4, 0.5) is 0 Å². The number of aryl methyl sites for hydroxylation is 1. The van der Waals surface area contributed by atoms with Crippen LogP contribution in [0.3, 0.4) is 0 Å². The Balaban J connectivity index is 2.52. The Morgan fingerprint density at radius 1 is 1.19 bits per heavy atom. The minimum Gasteiger partial charge on any atom is -0.473 e. The van der Waals surface area contributed by atoms with E-state index < -0.39 is 0 Å². The molecule has 21 heavy (non-hydrogen) atoms. The van der Waals surface area contributed by atoms with Gasteiger partial charge in [-0.25, -0.2) is 4.98 Å². The van der Waals surface area contributed by atoms with Gasteiger partial charge in [-0.3, -0.25) is 0 Å². The summed E-state index contributed by atoms with van der Waals surface area (Å²) in [7, 11) is 0. The molecule has 1 N–H and O–H groups in total. The van der Waals surface area contributed by atoms with Gasteiger partial charge in [0.1, 0.15) is 6.10 Å². The van der Waals surface area contributed by atoms with Gasteiger partial charge in [-0.1, -0.05) is 20.8 Å². The van der Waals surface area contributed by atoms with Crippen LogP contribution in [0.15, 0.2) is 18.3 Å². The van der Waals surface area contributed by atoms with Crippen LogP contribution in [0.25, 0.3) is 0 Å². The van der Waals surface area contributed by atoms with Crippen molar-refractivity contribution in [1.82, 2.24) is 10.3 Å². The lowest BCUT2D eigenvalue weighted by atomic mass is 9.89. The number of rotatable bonds is 6. The van der Waals surface area contributed by atoms with Crippen LogP contribution in [-0.4, -0.2) is 23.2 Å². The molecule has 1 aromatic rings. The fourth-order valence-electron chi connectivity index (χ4n) is 1.89. The van der Waals surface area contributed by atoms with Crippen LogP contribution < -0.4 is 10.1 Å². The van der Waals surface area contributed by atoms with E-state index in [1.54, 1.807) is 0 Å². The minimum atomic E-state index is 0.106. The summed E-state index contributed by atoms with van der Waals surface area (Å²) in [6, 6.07) is 4.15. The van der Waals surface area contributed by atoms with Crippen molar-refractivity contribution in [3.05, 3.63) is 23.9 Å². The number of hydrogen-bond acceptors (Lipinski definition) is 3. The Bertz CT molecular complexity index is 430. The molecule has 3 heteroatoms. The summed E-state index contributed by atoms with van der Waals surface area (Å²) in [5.74, 6) is 0.726. The van der Waals surface area contributed by atoms with Gasteiger partial charge in [-0.15, -0.1) is 0 Å². The molecule has 0 bridgehead atoms. The molecule has 0 saturated carbocycles. The monoisotopic (exact) mass is 292 g/mol. The Morgan fingerprint density at radius 2 is 1.86 bits per heavy atom. The fraction of sp³-hybridized carbons (Fsp3) is 0.722. The van der Waals surface area contributed by atoms with Crippen LogP contribution in [0.5, 0.6) is 5.88 Å². The highest BCUT2D eigenvalue weighted by Gasteiger charge is 2.13. The predicted octanol–water partition coefficient (Wildman–Crippen LogP) is 4.22. The molecular weight excluding hydrogens is 260 g/mol. The molecular formula is C18H32N2O. The average Bonchev–Trinajstić information content (AvgIpc) is 2.33. The third kappa shape index (κ3) is 8.71. The van der Waals surface area contributed by atoms with Crippen LogP contribution in [0.1, 0.15) is 60.5 Å². The Labute approximate surface area is 130 Å². The molecule has 0 unspecified atom stereocenters. The highest BCUT2D eigenvalue weighted by atomic mass is 16.5. The maximum atomic E-state index is 5.91. The second-order valence-electron chi connectivity index (χ2n) is 8.12. The van der Waals surface area contributed by atoms with E-state index in [1.807, 2.05) is 6.20 Å². The molecule has 0 aromatic carbocycles. The first-order valence-corrected chi connectivity index (χ1v) is 7.92. The molecule has 0 aliphatic heterocycles. The SMILES string of the molecule is C[C@@H](CNC(C)(C)C)Oc1cc(CCC(C)(C)C)ccn1. The lowest BCUT2D eigenvalue weighted by Gasteiger charge is -2.23. The highest BCUT2D eigenvalue weighted by Crippen LogP contribution is 2.22. The topological polar surface area (TPSA) is 34.1 Å². The third-order valence-electron chi connectivity index (χ3n) is 3.20. The summed E-state index contributed by atoms with van der Waals surface area (Å²) in [6.45, 7) is 16.2. The lowest BCUT2D eigenvalue weighted by Crippen LogP contribution is -2.41. The maximum Gasteiger partial charge on any atom is 0.213 e. The number of hydrogen-bond donors (Lipinski definition) is 1. The van der Waals surface area contributed by atoms with Gasteiger partial charge in [0.15, 0.2) is 0 Å². The molecule has 0 aliphatic carbocycles. The minimum absolute atomic E-state index is 0.106. The number of pyridine rings is 1. The standard InChI is InChI=1S/C18H32N2O/c1-14(13-20-18(5,6)7)21-16-12-15(9-11-19-16)8-10-17(2,3)4/h9,11-12,14,20H,8,10,13H2,1-7H3/t14-/m0/s1. The van der Waals surface area contributed by atoms with Crippen molar-refractivity contribution in [1.29, 1.82) is 0 Å². The van der Waals surface area contributed by atoms with Crippen molar-refractivity contribution < 1.29 is 4.74 Å². The van der Waals surface area contributed by atoms with E-state index in [-0.39, 0.29) is 11.6 Å². The van der Waals surface area contributed by atoms with Crippen LogP contribution in [-0.2, 0) is 6.42 Å². The summed E-state index contributed by atoms with van der Waals surface area (Å²) < 4.78 is 5.91. The van der Waals surface area contributed by atoms with Crippen LogP contribution >= 0.6 is 0 Å². The van der Waals surface area contributed by atoms with Crippen molar-refractivity contribution >= 4 is 0 Å². The number of nitrogens with one attached hydrogen (secondary N) is 1. The Morgan fingerprint density at radius 3 is 2.43 bits per heavy atom. The Kier molecular flexibility index (Phi) is 6.21. The van der Waals surface area contributed by atoms with E-state index in [2.05, 4.69) is 70.9 Å². The zero-order valence-electron chi connectivity index (χ0n) is 14.8. The van der Waals surface area contributed by atoms with Gasteiger partial charge in [0, 0.05) is 24.3 Å². The quantitative estimate of drug-likeness (QED) is 0.852. The molecule has 1 aromatic heterocycles. The Hall–Kier alpha value is -1.09. The second kappa shape index (κ2) is 7.26. The van der Waals surface area contributed by atoms with Gasteiger partial charge < -0.3 is 10.1 Å². The predicted molar refractivity (Wildman–Crippen MR) is 89.9 cm³/mol. The van der Waals surface area contributed by atoms with E-state index in [0.29, 0.717) is 5.41 Å². The van der Waals surface area contributed by atoms with E-state index in [1.165, 1.54) is 5.56 Å². The molecule has 120 valence electrons. The van der Waals surface area contributed by atoms with Gasteiger partial charge in [-0.2, -0.15) is 0 Å². The van der Waals surface area contributed by atoms with Crippen molar-refractivity contribution in [3.63, 3.8) is 0 Å². The van der Waals surface area contributed by atoms with Gasteiger partial charge >= 0.3 is 0 Å². The zero-order chi connectivity index (χ0) is 16.1. The highest BCUT2D eigenvalue weighted by molar-refractivity contribution is 5.21. The first-order valence-electron chi connectivity index (χ1n) is 7.92. The molecule has 1 rings (SSSR count). The fourth-order valence-corrected chi connectivity index (χ4v) is 1.89. The first kappa shape index (κ1) is 18.0. The molecule has 0 amide bonds. The van der Waals surface area contributed by atoms with E-state index >= 15 is 0 Å². The number of ether oxygens (including phenoxy) is 1. The third-order valence-corrected chi connectivity index (χ3v) is 3.20. The number of nitrogens with zero attached hydrogens (tertiary/aromatic N) is 1. The smallest absolute Gasteiger partial charge is 0.213 e. The van der Waals surface area contributed by atoms with Crippen molar-refractivity contribution in [2.45, 2.75) is 73.0 Å². The molecule has 0 fully saturated rings.